The number of benzene rings is 1. The van der Waals surface area contributed by atoms with Gasteiger partial charge in [-0.05, 0) is 0 Å². The van der Waals surface area contributed by atoms with Crippen LogP contribution in [0.3, 0.4) is 0 Å². The van der Waals surface area contributed by atoms with Crippen molar-refractivity contribution in [1.29, 1.82) is 0 Å². The summed E-state index contributed by atoms with van der Waals surface area (Å²) in [7, 11) is 0. The van der Waals surface area contributed by atoms with Gasteiger partial charge in [-0.2, -0.15) is 0 Å². The Morgan fingerprint density at radius 2 is 2.07 bits per heavy atom. The lowest BCUT2D eigenvalue weighted by molar-refractivity contribution is 0.0988. The van der Waals surface area contributed by atoms with Crippen LogP contribution in [0, 0.1) is 0 Å². The number of hydrogen-bond acceptors (Lipinski definition) is 3. The van der Waals surface area contributed by atoms with Gasteiger partial charge in [0.1, 0.15) is 0 Å². The fourth-order valence-electron chi connectivity index (χ4n) is 1.20. The third kappa shape index (κ3) is 2.15. The van der Waals surface area contributed by atoms with E-state index < -0.39 is 0 Å². The van der Waals surface area contributed by atoms with E-state index >= 15 is 0 Å². The number of carbonyl (C=O) groups excluding carboxylic acids is 1. The van der Waals surface area contributed by atoms with E-state index in [0.29, 0.717) is 5.76 Å². The molecular formula is C11H8BrNO2. The van der Waals surface area contributed by atoms with E-state index in [9.17, 15) is 4.79 Å². The SMILES string of the molecule is O=C(CBr)c1ncc(-c2ccccc2)o1. The number of oxazole rings is 1. The summed E-state index contributed by atoms with van der Waals surface area (Å²) in [5.41, 5.74) is 0.915. The molecule has 2 rings (SSSR count). The van der Waals surface area contributed by atoms with Crippen LogP contribution in [0.2, 0.25) is 0 Å². The van der Waals surface area contributed by atoms with Crippen molar-refractivity contribution >= 4 is 21.7 Å². The van der Waals surface area contributed by atoms with E-state index in [4.69, 9.17) is 4.42 Å². The topological polar surface area (TPSA) is 43.1 Å². The molecule has 0 bridgehead atoms. The van der Waals surface area contributed by atoms with Crippen molar-refractivity contribution < 1.29 is 9.21 Å². The smallest absolute Gasteiger partial charge is 0.264 e. The number of alkyl halides is 1. The molecule has 1 aromatic carbocycles. The number of ketones is 1. The van der Waals surface area contributed by atoms with Crippen LogP contribution in [0.5, 0.6) is 0 Å². The highest BCUT2D eigenvalue weighted by molar-refractivity contribution is 9.09. The predicted molar refractivity (Wildman–Crippen MR) is 60.1 cm³/mol. The zero-order valence-corrected chi connectivity index (χ0v) is 9.40. The molecule has 4 heteroatoms. The van der Waals surface area contributed by atoms with E-state index in [0.717, 1.165) is 5.56 Å². The van der Waals surface area contributed by atoms with E-state index in [1.165, 1.54) is 0 Å². The molecular weight excluding hydrogens is 258 g/mol. The van der Waals surface area contributed by atoms with Gasteiger partial charge in [0, 0.05) is 5.56 Å². The Kier molecular flexibility index (Phi) is 2.97. The largest absolute Gasteiger partial charge is 0.434 e. The first-order chi connectivity index (χ1) is 7.31. The van der Waals surface area contributed by atoms with Crippen molar-refractivity contribution in [3.8, 4) is 11.3 Å². The van der Waals surface area contributed by atoms with Crippen LogP contribution in [0.15, 0.2) is 40.9 Å². The first-order valence-electron chi connectivity index (χ1n) is 4.41. The summed E-state index contributed by atoms with van der Waals surface area (Å²) in [6.07, 6.45) is 1.56. The van der Waals surface area contributed by atoms with Gasteiger partial charge in [0.25, 0.3) is 5.89 Å². The maximum atomic E-state index is 11.3. The fourth-order valence-corrected chi connectivity index (χ4v) is 1.44. The quantitative estimate of drug-likeness (QED) is 0.633. The number of carbonyl (C=O) groups is 1. The van der Waals surface area contributed by atoms with Crippen LogP contribution in [-0.2, 0) is 0 Å². The van der Waals surface area contributed by atoms with Gasteiger partial charge in [-0.1, -0.05) is 46.3 Å². The normalized spacial score (nSPS) is 10.2. The molecule has 0 radical (unpaired) electrons. The van der Waals surface area contributed by atoms with Crippen molar-refractivity contribution in [2.45, 2.75) is 0 Å². The highest BCUT2D eigenvalue weighted by Gasteiger charge is 2.12. The molecule has 1 heterocycles. The Hall–Kier alpha value is -1.42. The third-order valence-corrected chi connectivity index (χ3v) is 2.43. The van der Waals surface area contributed by atoms with Crippen LogP contribution in [-0.4, -0.2) is 16.1 Å². The van der Waals surface area contributed by atoms with Gasteiger partial charge in [0.15, 0.2) is 5.76 Å². The van der Waals surface area contributed by atoms with Crippen LogP contribution in [0.25, 0.3) is 11.3 Å². The third-order valence-electron chi connectivity index (χ3n) is 1.92. The first kappa shape index (κ1) is 10.1. The summed E-state index contributed by atoms with van der Waals surface area (Å²) in [5, 5.41) is 0.224. The van der Waals surface area contributed by atoms with Gasteiger partial charge in [-0.3, -0.25) is 4.79 Å². The molecule has 0 N–H and O–H groups in total. The van der Waals surface area contributed by atoms with Crippen LogP contribution in [0.1, 0.15) is 10.7 Å². The minimum Gasteiger partial charge on any atom is -0.434 e. The minimum atomic E-state index is -0.155. The molecule has 2 aromatic rings. The average Bonchev–Trinajstić information content (AvgIpc) is 2.78. The minimum absolute atomic E-state index is 0.144. The van der Waals surface area contributed by atoms with Crippen LogP contribution < -0.4 is 0 Å². The van der Waals surface area contributed by atoms with Crippen LogP contribution in [0.4, 0.5) is 0 Å². The average molecular weight is 266 g/mol. The Labute approximate surface area is 95.3 Å². The maximum Gasteiger partial charge on any atom is 0.264 e. The summed E-state index contributed by atoms with van der Waals surface area (Å²) >= 11 is 3.07. The van der Waals surface area contributed by atoms with Gasteiger partial charge in [-0.15, -0.1) is 0 Å². The summed E-state index contributed by atoms with van der Waals surface area (Å²) in [5.74, 6) is 0.600. The number of halogens is 1. The van der Waals surface area contributed by atoms with Crippen molar-refractivity contribution in [3.05, 3.63) is 42.4 Å². The van der Waals surface area contributed by atoms with Crippen molar-refractivity contribution in [1.82, 2.24) is 4.98 Å². The Morgan fingerprint density at radius 1 is 1.33 bits per heavy atom. The molecule has 0 saturated heterocycles. The second-order valence-electron chi connectivity index (χ2n) is 2.95. The van der Waals surface area contributed by atoms with Crippen molar-refractivity contribution in [3.63, 3.8) is 0 Å². The monoisotopic (exact) mass is 265 g/mol. The Morgan fingerprint density at radius 3 is 2.73 bits per heavy atom. The van der Waals surface area contributed by atoms with Crippen molar-refractivity contribution in [2.24, 2.45) is 0 Å². The van der Waals surface area contributed by atoms with Crippen molar-refractivity contribution in [2.75, 3.05) is 5.33 Å². The van der Waals surface area contributed by atoms with Crippen LogP contribution >= 0.6 is 15.9 Å². The molecule has 15 heavy (non-hydrogen) atoms. The number of aromatic nitrogens is 1. The Balaban J connectivity index is 2.32. The summed E-state index contributed by atoms with van der Waals surface area (Å²) < 4.78 is 5.33. The molecule has 1 aromatic heterocycles. The number of rotatable bonds is 3. The summed E-state index contributed by atoms with van der Waals surface area (Å²) in [6.45, 7) is 0. The van der Waals surface area contributed by atoms with Gasteiger partial charge in [-0.25, -0.2) is 4.98 Å². The predicted octanol–water partition coefficient (Wildman–Crippen LogP) is 2.92. The van der Waals surface area contributed by atoms with E-state index in [-0.39, 0.29) is 17.0 Å². The van der Waals surface area contributed by atoms with Gasteiger partial charge in [0.05, 0.1) is 11.5 Å². The van der Waals surface area contributed by atoms with E-state index in [1.54, 1.807) is 6.20 Å². The lowest BCUT2D eigenvalue weighted by Crippen LogP contribution is -1.98. The molecule has 0 aliphatic carbocycles. The lowest BCUT2D eigenvalue weighted by atomic mass is 10.2. The van der Waals surface area contributed by atoms with E-state index in [2.05, 4.69) is 20.9 Å². The zero-order valence-electron chi connectivity index (χ0n) is 7.81. The number of hydrogen-bond donors (Lipinski definition) is 0. The van der Waals surface area contributed by atoms with Gasteiger partial charge in [0.2, 0.25) is 5.78 Å². The second kappa shape index (κ2) is 4.40. The molecule has 0 aliphatic heterocycles. The fraction of sp³-hybridized carbons (Fsp3) is 0.0909. The second-order valence-corrected chi connectivity index (χ2v) is 3.51. The molecule has 0 spiro atoms. The highest BCUT2D eigenvalue weighted by Crippen LogP contribution is 2.19. The summed E-state index contributed by atoms with van der Waals surface area (Å²) in [4.78, 5) is 15.2. The lowest BCUT2D eigenvalue weighted by Gasteiger charge is -1.93. The number of Topliss-reactive ketones (excluding diaryl/α,β-unsaturated/α-hetero) is 1. The van der Waals surface area contributed by atoms with E-state index in [1.807, 2.05) is 30.3 Å². The number of nitrogens with zero attached hydrogens (tertiary/aromatic N) is 1. The molecule has 0 saturated carbocycles. The van der Waals surface area contributed by atoms with Gasteiger partial charge < -0.3 is 4.42 Å². The summed E-state index contributed by atoms with van der Waals surface area (Å²) in [6, 6.07) is 9.55. The standard InChI is InChI=1S/C11H8BrNO2/c12-6-9(14)11-13-7-10(15-11)8-4-2-1-3-5-8/h1-5,7H,6H2. The zero-order chi connectivity index (χ0) is 10.7. The molecule has 0 amide bonds. The molecule has 3 nitrogen and oxygen atoms in total. The molecule has 0 aliphatic rings. The molecule has 76 valence electrons. The van der Waals surface area contributed by atoms with Gasteiger partial charge >= 0.3 is 0 Å². The highest BCUT2D eigenvalue weighted by atomic mass is 79.9. The first-order valence-corrected chi connectivity index (χ1v) is 5.54. The Bertz CT molecular complexity index is 464. The maximum absolute atomic E-state index is 11.3. The molecule has 0 unspecified atom stereocenters. The molecule has 0 fully saturated rings. The molecule has 0 atom stereocenters.